The molecule has 2 aromatic heterocycles. The molecule has 0 aliphatic heterocycles. The molecule has 2 heterocycles. The van der Waals surface area contributed by atoms with Crippen molar-refractivity contribution < 1.29 is 0 Å². The van der Waals surface area contributed by atoms with Gasteiger partial charge in [-0.25, -0.2) is 0 Å². The lowest BCUT2D eigenvalue weighted by Crippen LogP contribution is -2.17. The molecule has 0 spiro atoms. The van der Waals surface area contributed by atoms with Crippen molar-refractivity contribution in [1.82, 2.24) is 25.2 Å². The highest BCUT2D eigenvalue weighted by atomic mass is 35.5. The van der Waals surface area contributed by atoms with Gasteiger partial charge in [-0.1, -0.05) is 72.6 Å². The van der Waals surface area contributed by atoms with Gasteiger partial charge in [0.2, 0.25) is 0 Å². The van der Waals surface area contributed by atoms with E-state index in [9.17, 15) is 0 Å². The van der Waals surface area contributed by atoms with E-state index in [1.165, 1.54) is 38.6 Å². The van der Waals surface area contributed by atoms with Gasteiger partial charge in [0.1, 0.15) is 0 Å². The van der Waals surface area contributed by atoms with Gasteiger partial charge >= 0.3 is 0 Å². The normalized spacial score (nSPS) is 17.4. The molecule has 7 rings (SSSR count). The van der Waals surface area contributed by atoms with Gasteiger partial charge in [-0.3, -0.25) is 4.98 Å². The molecule has 5 nitrogen and oxygen atoms in total. The van der Waals surface area contributed by atoms with E-state index >= 15 is 0 Å². The van der Waals surface area contributed by atoms with Crippen LogP contribution in [0.1, 0.15) is 42.6 Å². The zero-order valence-electron chi connectivity index (χ0n) is 21.1. The summed E-state index contributed by atoms with van der Waals surface area (Å²) in [5.74, 6) is 1.26. The summed E-state index contributed by atoms with van der Waals surface area (Å²) in [5.41, 5.74) is 8.92. The van der Waals surface area contributed by atoms with Gasteiger partial charge in [-0.05, 0) is 93.8 Å². The van der Waals surface area contributed by atoms with Crippen molar-refractivity contribution in [3.8, 4) is 16.8 Å². The number of hydrogen-bond donors (Lipinski definition) is 0. The Kier molecular flexibility index (Phi) is 5.67. The number of tetrazole rings is 1. The highest BCUT2D eigenvalue weighted by Crippen LogP contribution is 2.44. The summed E-state index contributed by atoms with van der Waals surface area (Å²) in [7, 11) is 0. The molecular formula is C32H26ClN5. The largest absolute Gasteiger partial charge is 0.264 e. The van der Waals surface area contributed by atoms with E-state index in [1.54, 1.807) is 4.80 Å². The van der Waals surface area contributed by atoms with Crippen molar-refractivity contribution in [2.24, 2.45) is 5.92 Å². The van der Waals surface area contributed by atoms with E-state index in [2.05, 4.69) is 75.9 Å². The van der Waals surface area contributed by atoms with Crippen molar-refractivity contribution in [2.45, 2.75) is 32.1 Å². The zero-order chi connectivity index (χ0) is 25.6. The topological polar surface area (TPSA) is 56.5 Å². The molecule has 2 aliphatic carbocycles. The quantitative estimate of drug-likeness (QED) is 0.247. The highest BCUT2D eigenvalue weighted by Gasteiger charge is 2.29. The SMILES string of the molecule is CC(c1nnn(-c2cccc(Cl)c2)n1)C1C=CC2=C(CCc3c2ccc2ccc(-c4cccnc4)cc32)C1. The summed E-state index contributed by atoms with van der Waals surface area (Å²) >= 11 is 6.15. The first kappa shape index (κ1) is 23.1. The number of nitrogens with zero attached hydrogens (tertiary/aromatic N) is 5. The minimum Gasteiger partial charge on any atom is -0.264 e. The average molecular weight is 516 g/mol. The van der Waals surface area contributed by atoms with Crippen molar-refractivity contribution in [2.75, 3.05) is 0 Å². The summed E-state index contributed by atoms with van der Waals surface area (Å²) < 4.78 is 0. The van der Waals surface area contributed by atoms with Gasteiger partial charge in [-0.2, -0.15) is 0 Å². The molecule has 2 unspecified atom stereocenters. The second-order valence-corrected chi connectivity index (χ2v) is 10.7. The van der Waals surface area contributed by atoms with Crippen LogP contribution < -0.4 is 0 Å². The van der Waals surface area contributed by atoms with Crippen LogP contribution in [0.4, 0.5) is 0 Å². The summed E-state index contributed by atoms with van der Waals surface area (Å²) in [6.45, 7) is 2.20. The number of allylic oxidation sites excluding steroid dienone is 4. The van der Waals surface area contributed by atoms with E-state index in [4.69, 9.17) is 11.6 Å². The number of hydrogen-bond acceptors (Lipinski definition) is 4. The van der Waals surface area contributed by atoms with Gasteiger partial charge in [-0.15, -0.1) is 15.0 Å². The summed E-state index contributed by atoms with van der Waals surface area (Å²) in [4.78, 5) is 5.88. The Bertz CT molecular complexity index is 1730. The molecular weight excluding hydrogens is 490 g/mol. The zero-order valence-corrected chi connectivity index (χ0v) is 21.8. The maximum atomic E-state index is 6.15. The number of benzene rings is 3. The Morgan fingerprint density at radius 2 is 1.89 bits per heavy atom. The van der Waals surface area contributed by atoms with Crippen LogP contribution in [0, 0.1) is 5.92 Å². The fraction of sp³-hybridized carbons (Fsp3) is 0.188. The van der Waals surface area contributed by atoms with Crippen molar-refractivity contribution in [3.05, 3.63) is 119 Å². The maximum absolute atomic E-state index is 6.15. The number of pyridine rings is 1. The Labute approximate surface area is 226 Å². The molecule has 0 saturated heterocycles. The predicted octanol–water partition coefficient (Wildman–Crippen LogP) is 7.61. The van der Waals surface area contributed by atoms with Crippen molar-refractivity contribution in [3.63, 3.8) is 0 Å². The van der Waals surface area contributed by atoms with Crippen molar-refractivity contribution in [1.29, 1.82) is 0 Å². The van der Waals surface area contributed by atoms with E-state index in [-0.39, 0.29) is 5.92 Å². The fourth-order valence-electron chi connectivity index (χ4n) is 5.86. The number of fused-ring (bicyclic) bond motifs is 4. The Balaban J connectivity index is 1.17. The summed E-state index contributed by atoms with van der Waals surface area (Å²) in [6.07, 6.45) is 11.6. The Morgan fingerprint density at radius 1 is 0.974 bits per heavy atom. The molecule has 2 aliphatic rings. The van der Waals surface area contributed by atoms with E-state index in [0.717, 1.165) is 36.3 Å². The molecule has 38 heavy (non-hydrogen) atoms. The summed E-state index contributed by atoms with van der Waals surface area (Å²) in [5, 5.41) is 16.7. The molecule has 2 atom stereocenters. The summed E-state index contributed by atoms with van der Waals surface area (Å²) in [6, 6.07) is 23.0. The third-order valence-corrected chi connectivity index (χ3v) is 8.22. The second kappa shape index (κ2) is 9.34. The molecule has 0 N–H and O–H groups in total. The van der Waals surface area contributed by atoms with Gasteiger partial charge in [0.05, 0.1) is 5.69 Å². The number of aryl methyl sites for hydroxylation is 1. The lowest BCUT2D eigenvalue weighted by Gasteiger charge is -2.30. The highest BCUT2D eigenvalue weighted by molar-refractivity contribution is 6.30. The van der Waals surface area contributed by atoms with Crippen LogP contribution >= 0.6 is 11.6 Å². The fourth-order valence-corrected chi connectivity index (χ4v) is 6.05. The Morgan fingerprint density at radius 3 is 2.76 bits per heavy atom. The molecule has 0 bridgehead atoms. The van der Waals surface area contributed by atoms with Gasteiger partial charge in [0.25, 0.3) is 0 Å². The number of halogens is 1. The first-order chi connectivity index (χ1) is 18.6. The standard InChI is InChI=1S/C32H26ClN5/c1-20(32-35-37-38(36-32)27-6-2-5-26(33)18-27)22-10-12-28-24(16-22)11-14-30-29(28)13-9-21-7-8-23(17-31(21)30)25-4-3-15-34-19-25/h2-10,12-13,15,17-20,22H,11,14,16H2,1H3. The number of rotatable bonds is 4. The minimum absolute atomic E-state index is 0.160. The second-order valence-electron chi connectivity index (χ2n) is 10.2. The third kappa shape index (κ3) is 4.04. The molecule has 0 amide bonds. The van der Waals surface area contributed by atoms with E-state index < -0.39 is 0 Å². The molecule has 0 saturated carbocycles. The molecule has 0 fully saturated rings. The average Bonchev–Trinajstić information content (AvgIpc) is 3.47. The minimum atomic E-state index is 0.160. The molecule has 0 radical (unpaired) electrons. The monoisotopic (exact) mass is 515 g/mol. The third-order valence-electron chi connectivity index (χ3n) is 7.99. The van der Waals surface area contributed by atoms with Crippen LogP contribution in [0.25, 0.3) is 33.2 Å². The van der Waals surface area contributed by atoms with Crippen LogP contribution in [0.3, 0.4) is 0 Å². The molecule has 6 heteroatoms. The molecule has 186 valence electrons. The lowest BCUT2D eigenvalue weighted by molar-refractivity contribution is 0.501. The van der Waals surface area contributed by atoms with Crippen LogP contribution in [0.15, 0.2) is 96.8 Å². The molecule has 3 aromatic carbocycles. The lowest BCUT2D eigenvalue weighted by atomic mass is 9.74. The van der Waals surface area contributed by atoms with E-state index in [1.807, 2.05) is 42.7 Å². The van der Waals surface area contributed by atoms with Crippen LogP contribution in [0.5, 0.6) is 0 Å². The Hall–Kier alpha value is -4.09. The van der Waals surface area contributed by atoms with Crippen molar-refractivity contribution >= 4 is 27.9 Å². The van der Waals surface area contributed by atoms with Gasteiger partial charge < -0.3 is 0 Å². The smallest absolute Gasteiger partial charge is 0.178 e. The van der Waals surface area contributed by atoms with Crippen LogP contribution in [-0.2, 0) is 6.42 Å². The number of aromatic nitrogens is 5. The van der Waals surface area contributed by atoms with Crippen LogP contribution in [-0.4, -0.2) is 25.2 Å². The van der Waals surface area contributed by atoms with E-state index in [0.29, 0.717) is 10.9 Å². The maximum Gasteiger partial charge on any atom is 0.178 e. The first-order valence-corrected chi connectivity index (χ1v) is 13.4. The first-order valence-electron chi connectivity index (χ1n) is 13.1. The van der Waals surface area contributed by atoms with Gasteiger partial charge in [0, 0.05) is 28.9 Å². The van der Waals surface area contributed by atoms with Crippen LogP contribution in [0.2, 0.25) is 5.02 Å². The molecule has 5 aromatic rings. The van der Waals surface area contributed by atoms with Gasteiger partial charge in [0.15, 0.2) is 5.82 Å². The predicted molar refractivity (Wildman–Crippen MR) is 152 cm³/mol.